The van der Waals surface area contributed by atoms with Gasteiger partial charge >= 0.3 is 0 Å². The molecule has 9 rings (SSSR count). The van der Waals surface area contributed by atoms with Crippen LogP contribution in [0.15, 0.2) is 182 Å². The van der Waals surface area contributed by atoms with Crippen LogP contribution in [0.2, 0.25) is 0 Å². The predicted molar refractivity (Wildman–Crippen MR) is 242 cm³/mol. The van der Waals surface area contributed by atoms with E-state index in [9.17, 15) is 0 Å². The molecule has 1 heterocycles. The van der Waals surface area contributed by atoms with Crippen molar-refractivity contribution in [3.05, 3.63) is 193 Å². The topological polar surface area (TPSA) is 41.9 Å². The summed E-state index contributed by atoms with van der Waals surface area (Å²) in [6, 6.07) is 34.9. The highest BCUT2D eigenvalue weighted by atomic mass is 15.2. The number of nitrogens with zero attached hydrogens (tertiary/aromatic N) is 4. The van der Waals surface area contributed by atoms with Crippen molar-refractivity contribution in [3.8, 4) is 56.4 Å². The number of aromatic nitrogens is 3. The van der Waals surface area contributed by atoms with Crippen molar-refractivity contribution in [1.29, 1.82) is 0 Å². The quantitative estimate of drug-likeness (QED) is 0.155. The molecule has 7 aromatic carbocycles. The van der Waals surface area contributed by atoms with Crippen molar-refractivity contribution in [2.24, 2.45) is 5.41 Å². The van der Waals surface area contributed by atoms with Crippen LogP contribution in [0.1, 0.15) is 66.4 Å². The largest absolute Gasteiger partial charge is 0.310 e. The first kappa shape index (κ1) is 27.1. The summed E-state index contributed by atoms with van der Waals surface area (Å²) in [5.41, 5.74) is 7.13. The zero-order valence-corrected chi connectivity index (χ0v) is 33.3. The van der Waals surface area contributed by atoms with Crippen LogP contribution in [0.25, 0.3) is 56.4 Å². The van der Waals surface area contributed by atoms with Gasteiger partial charge in [0.25, 0.3) is 0 Å². The molecule has 0 amide bonds. The van der Waals surface area contributed by atoms with Crippen LogP contribution in [0.5, 0.6) is 0 Å². The van der Waals surface area contributed by atoms with E-state index in [-0.39, 0.29) is 39.4 Å². The van der Waals surface area contributed by atoms with Crippen molar-refractivity contribution in [2.75, 3.05) is 4.90 Å². The second kappa shape index (κ2) is 14.4. The average Bonchev–Trinajstić information content (AvgIpc) is 3.44. The molecule has 1 aliphatic rings. The molecule has 8 aromatic rings. The fourth-order valence-corrected chi connectivity index (χ4v) is 8.18. The SMILES string of the molecule is [2H]c1c([2H])c([2H])c(-c2nc(-c3cc4c(cc3N(c3ccc(-c5ccccc5)cc3)c3ccc(-c5ccccc5)cc3)C(C)(C)C(C)(C)C4(C)C)nc(-c3c([2H])c([2H])c([2H])c([2H])c3[2H])n2)c([2H])c1[2H]. The Morgan fingerprint density at radius 3 is 1.22 bits per heavy atom. The monoisotopic (exact) mass is 762 g/mol. The van der Waals surface area contributed by atoms with E-state index in [4.69, 9.17) is 23.7 Å². The van der Waals surface area contributed by atoms with E-state index in [1.807, 2.05) is 60.7 Å². The lowest BCUT2D eigenvalue weighted by atomic mass is 9.59. The Morgan fingerprint density at radius 2 is 0.793 bits per heavy atom. The molecule has 0 bridgehead atoms. The first-order valence-corrected chi connectivity index (χ1v) is 19.4. The van der Waals surface area contributed by atoms with Crippen molar-refractivity contribution in [3.63, 3.8) is 0 Å². The first-order chi connectivity index (χ1) is 32.2. The molecule has 4 nitrogen and oxygen atoms in total. The van der Waals surface area contributed by atoms with Gasteiger partial charge in [0.15, 0.2) is 17.5 Å². The number of hydrogen-bond acceptors (Lipinski definition) is 4. The normalized spacial score (nSPS) is 17.2. The Labute approximate surface area is 357 Å². The van der Waals surface area contributed by atoms with Crippen LogP contribution >= 0.6 is 0 Å². The van der Waals surface area contributed by atoms with Crippen LogP contribution < -0.4 is 4.90 Å². The molecule has 1 aromatic heterocycles. The van der Waals surface area contributed by atoms with Gasteiger partial charge < -0.3 is 4.90 Å². The number of anilines is 3. The molecule has 0 unspecified atom stereocenters. The molecule has 0 saturated heterocycles. The lowest BCUT2D eigenvalue weighted by Gasteiger charge is -2.44. The molecule has 0 spiro atoms. The van der Waals surface area contributed by atoms with Gasteiger partial charge in [0.2, 0.25) is 0 Å². The molecule has 0 aliphatic heterocycles. The third kappa shape index (κ3) is 6.30. The van der Waals surface area contributed by atoms with E-state index in [0.29, 0.717) is 11.3 Å². The van der Waals surface area contributed by atoms with Gasteiger partial charge in [-0.3, -0.25) is 0 Å². The molecule has 0 saturated carbocycles. The van der Waals surface area contributed by atoms with Gasteiger partial charge in [0.05, 0.1) is 19.4 Å². The maximum Gasteiger partial charge on any atom is 0.166 e. The van der Waals surface area contributed by atoms with Crippen LogP contribution in [0.4, 0.5) is 17.1 Å². The van der Waals surface area contributed by atoms with Crippen LogP contribution in [0.3, 0.4) is 0 Å². The summed E-state index contributed by atoms with van der Waals surface area (Å²) in [6.45, 7) is 13.4. The van der Waals surface area contributed by atoms with Gasteiger partial charge in [0, 0.05) is 28.1 Å². The predicted octanol–water partition coefficient (Wildman–Crippen LogP) is 14.3. The number of benzene rings is 7. The summed E-state index contributed by atoms with van der Waals surface area (Å²) in [7, 11) is 0. The molecular formula is C54H48N4. The molecule has 4 heteroatoms. The highest BCUT2D eigenvalue weighted by Gasteiger charge is 2.57. The summed E-state index contributed by atoms with van der Waals surface area (Å²) >= 11 is 0. The molecular weight excluding hydrogens is 705 g/mol. The Morgan fingerprint density at radius 1 is 0.414 bits per heavy atom. The second-order valence-corrected chi connectivity index (χ2v) is 16.3. The minimum atomic E-state index is -0.610. The zero-order valence-electron chi connectivity index (χ0n) is 43.3. The van der Waals surface area contributed by atoms with E-state index in [1.54, 1.807) is 0 Å². The molecule has 1 aliphatic carbocycles. The van der Waals surface area contributed by atoms with E-state index in [1.165, 1.54) is 0 Å². The smallest absolute Gasteiger partial charge is 0.166 e. The summed E-state index contributed by atoms with van der Waals surface area (Å²) in [6.07, 6.45) is 0. The van der Waals surface area contributed by atoms with Crippen molar-refractivity contribution >= 4 is 17.1 Å². The second-order valence-electron chi connectivity index (χ2n) is 16.3. The van der Waals surface area contributed by atoms with E-state index in [2.05, 4.69) is 112 Å². The van der Waals surface area contributed by atoms with Gasteiger partial charge in [-0.1, -0.05) is 187 Å². The molecule has 0 atom stereocenters. The number of fused-ring (bicyclic) bond motifs is 1. The van der Waals surface area contributed by atoms with Crippen LogP contribution in [-0.4, -0.2) is 15.0 Å². The number of hydrogen-bond donors (Lipinski definition) is 0. The van der Waals surface area contributed by atoms with Gasteiger partial charge in [-0.05, 0) is 86.0 Å². The summed E-state index contributed by atoms with van der Waals surface area (Å²) in [4.78, 5) is 16.7. The molecule has 0 radical (unpaired) electrons. The average molecular weight is 763 g/mol. The summed E-state index contributed by atoms with van der Waals surface area (Å²) in [5.74, 6) is -0.663. The Bertz CT molecular complexity index is 3070. The third-order valence-electron chi connectivity index (χ3n) is 12.6. The van der Waals surface area contributed by atoms with Crippen molar-refractivity contribution in [2.45, 2.75) is 52.4 Å². The Balaban J connectivity index is 1.40. The highest BCUT2D eigenvalue weighted by Crippen LogP contribution is 2.63. The molecule has 58 heavy (non-hydrogen) atoms. The van der Waals surface area contributed by atoms with Crippen LogP contribution in [-0.2, 0) is 10.8 Å². The fraction of sp³-hybridized carbons (Fsp3) is 0.167. The first-order valence-electron chi connectivity index (χ1n) is 24.4. The molecule has 284 valence electrons. The third-order valence-corrected chi connectivity index (χ3v) is 12.6. The molecule has 0 fully saturated rings. The van der Waals surface area contributed by atoms with E-state index in [0.717, 1.165) is 44.8 Å². The van der Waals surface area contributed by atoms with Crippen molar-refractivity contribution < 1.29 is 13.7 Å². The lowest BCUT2D eigenvalue weighted by Crippen LogP contribution is -2.42. The highest BCUT2D eigenvalue weighted by molar-refractivity contribution is 5.89. The van der Waals surface area contributed by atoms with Gasteiger partial charge in [-0.15, -0.1) is 0 Å². The van der Waals surface area contributed by atoms with Gasteiger partial charge in [-0.2, -0.15) is 0 Å². The zero-order chi connectivity index (χ0) is 48.8. The maximum atomic E-state index is 9.00. The van der Waals surface area contributed by atoms with Gasteiger partial charge in [-0.25, -0.2) is 15.0 Å². The fourth-order valence-electron chi connectivity index (χ4n) is 8.18. The van der Waals surface area contributed by atoms with Crippen molar-refractivity contribution in [1.82, 2.24) is 15.0 Å². The summed E-state index contributed by atoms with van der Waals surface area (Å²) < 4.78 is 87.0. The van der Waals surface area contributed by atoms with E-state index >= 15 is 0 Å². The van der Waals surface area contributed by atoms with Crippen LogP contribution in [0, 0.1) is 5.41 Å². The standard InChI is InChI=1S/C54H48N4/c1-52(2)46-35-45(51-56-49(41-23-15-9-16-24-41)55-50(57-51)42-25-17-10-18-26-42)48(36-47(46)53(3,4)54(52,5)6)58(43-31-27-39(28-32-43)37-19-11-7-12-20-37)44-33-29-40(30-34-44)38-21-13-8-14-22-38/h7-36H,1-6H3/i9D,10D,15D,16D,17D,18D,23D,24D,25D,26D. The lowest BCUT2D eigenvalue weighted by molar-refractivity contribution is 0.125. The Kier molecular flexibility index (Phi) is 6.71. The minimum Gasteiger partial charge on any atom is -0.310 e. The minimum absolute atomic E-state index is 0.00783. The maximum absolute atomic E-state index is 9.00. The molecule has 0 N–H and O–H groups in total. The Hall–Kier alpha value is -6.65. The summed E-state index contributed by atoms with van der Waals surface area (Å²) in [5, 5.41) is 0. The van der Waals surface area contributed by atoms with Gasteiger partial charge in [0.1, 0.15) is 0 Å². The van der Waals surface area contributed by atoms with E-state index < -0.39 is 65.8 Å². The number of rotatable bonds is 8.